The maximum atomic E-state index is 4.13. The van der Waals surface area contributed by atoms with Gasteiger partial charge in [-0.1, -0.05) is 12.1 Å². The zero-order valence-electron chi connectivity index (χ0n) is 10.2. The van der Waals surface area contributed by atoms with Gasteiger partial charge in [-0.05, 0) is 34.1 Å². The third kappa shape index (κ3) is 1.86. The number of para-hydroxylation sites is 2. The average molecular weight is 304 g/mol. The van der Waals surface area contributed by atoms with E-state index >= 15 is 0 Å². The summed E-state index contributed by atoms with van der Waals surface area (Å²) < 4.78 is 1.03. The Morgan fingerprint density at radius 1 is 1.06 bits per heavy atom. The molecule has 3 nitrogen and oxygen atoms in total. The SMILES string of the molecule is CN1CCN(c2ccncc2Br)c2ccccc21. The highest BCUT2D eigenvalue weighted by atomic mass is 79.9. The van der Waals surface area contributed by atoms with Crippen molar-refractivity contribution in [1.29, 1.82) is 0 Å². The lowest BCUT2D eigenvalue weighted by molar-refractivity contribution is 0.820. The monoisotopic (exact) mass is 303 g/mol. The Hall–Kier alpha value is -1.55. The van der Waals surface area contributed by atoms with E-state index in [1.807, 2.05) is 18.5 Å². The molecule has 1 aromatic carbocycles. The van der Waals surface area contributed by atoms with Crippen LogP contribution in [-0.4, -0.2) is 25.1 Å². The molecule has 0 unspecified atom stereocenters. The molecule has 3 rings (SSSR count). The molecule has 0 N–H and O–H groups in total. The van der Waals surface area contributed by atoms with Crippen molar-refractivity contribution < 1.29 is 0 Å². The van der Waals surface area contributed by atoms with Gasteiger partial charge < -0.3 is 9.80 Å². The smallest absolute Gasteiger partial charge is 0.0649 e. The second-order valence-corrected chi connectivity index (χ2v) is 5.24. The lowest BCUT2D eigenvalue weighted by atomic mass is 10.1. The molecule has 1 aliphatic heterocycles. The van der Waals surface area contributed by atoms with Crippen molar-refractivity contribution in [1.82, 2.24) is 4.98 Å². The van der Waals surface area contributed by atoms with Crippen LogP contribution in [0.15, 0.2) is 47.2 Å². The maximum Gasteiger partial charge on any atom is 0.0649 e. The fraction of sp³-hybridized carbons (Fsp3) is 0.214. The van der Waals surface area contributed by atoms with Gasteiger partial charge in [0.1, 0.15) is 0 Å². The van der Waals surface area contributed by atoms with Crippen LogP contribution in [0, 0.1) is 0 Å². The van der Waals surface area contributed by atoms with Gasteiger partial charge in [0.15, 0.2) is 0 Å². The predicted octanol–water partition coefficient (Wildman–Crippen LogP) is 3.43. The summed E-state index contributed by atoms with van der Waals surface area (Å²) in [5.41, 5.74) is 3.69. The van der Waals surface area contributed by atoms with Crippen LogP contribution in [0.3, 0.4) is 0 Å². The third-order valence-electron chi connectivity index (χ3n) is 3.28. The second-order valence-electron chi connectivity index (χ2n) is 4.39. The van der Waals surface area contributed by atoms with Gasteiger partial charge in [0, 0.05) is 32.5 Å². The Bertz CT molecular complexity index is 570. The van der Waals surface area contributed by atoms with Crippen LogP contribution in [0.2, 0.25) is 0 Å². The van der Waals surface area contributed by atoms with E-state index in [9.17, 15) is 0 Å². The van der Waals surface area contributed by atoms with Gasteiger partial charge in [-0.25, -0.2) is 0 Å². The molecule has 0 fully saturated rings. The first-order valence-corrected chi connectivity index (χ1v) is 6.74. The maximum absolute atomic E-state index is 4.13. The average Bonchev–Trinajstić information content (AvgIpc) is 2.41. The van der Waals surface area contributed by atoms with E-state index in [1.54, 1.807) is 0 Å². The van der Waals surface area contributed by atoms with E-state index in [1.165, 1.54) is 17.1 Å². The first kappa shape index (κ1) is 11.5. The summed E-state index contributed by atoms with van der Waals surface area (Å²) in [6.07, 6.45) is 3.68. The summed E-state index contributed by atoms with van der Waals surface area (Å²) >= 11 is 3.58. The van der Waals surface area contributed by atoms with E-state index in [-0.39, 0.29) is 0 Å². The number of rotatable bonds is 1. The highest BCUT2D eigenvalue weighted by Gasteiger charge is 2.22. The fourth-order valence-electron chi connectivity index (χ4n) is 2.34. The highest BCUT2D eigenvalue weighted by Crippen LogP contribution is 2.39. The standard InChI is InChI=1S/C14H14BrN3/c1-17-8-9-18(12-6-7-16-10-11(12)15)14-5-3-2-4-13(14)17/h2-7,10H,8-9H2,1H3. The number of hydrogen-bond donors (Lipinski definition) is 0. The molecule has 0 amide bonds. The number of hydrogen-bond acceptors (Lipinski definition) is 3. The Labute approximate surface area is 115 Å². The van der Waals surface area contributed by atoms with Gasteiger partial charge in [-0.15, -0.1) is 0 Å². The summed E-state index contributed by atoms with van der Waals surface area (Å²) in [6, 6.07) is 10.5. The van der Waals surface area contributed by atoms with Gasteiger partial charge in [0.05, 0.1) is 21.5 Å². The van der Waals surface area contributed by atoms with Crippen LogP contribution in [0.1, 0.15) is 0 Å². The van der Waals surface area contributed by atoms with Crippen LogP contribution < -0.4 is 9.80 Å². The molecule has 0 spiro atoms. The highest BCUT2D eigenvalue weighted by molar-refractivity contribution is 9.10. The van der Waals surface area contributed by atoms with Crippen molar-refractivity contribution in [2.75, 3.05) is 29.9 Å². The quantitative estimate of drug-likeness (QED) is 0.804. The van der Waals surface area contributed by atoms with E-state index in [2.05, 4.69) is 62.0 Å². The normalized spacial score (nSPS) is 14.6. The van der Waals surface area contributed by atoms with Crippen LogP contribution in [0.25, 0.3) is 0 Å². The first-order valence-electron chi connectivity index (χ1n) is 5.94. The van der Waals surface area contributed by atoms with Crippen molar-refractivity contribution >= 4 is 33.0 Å². The molecule has 0 saturated carbocycles. The Morgan fingerprint density at radius 2 is 1.83 bits per heavy atom. The van der Waals surface area contributed by atoms with Crippen LogP contribution >= 0.6 is 15.9 Å². The Morgan fingerprint density at radius 3 is 2.61 bits per heavy atom. The van der Waals surface area contributed by atoms with Crippen molar-refractivity contribution in [3.8, 4) is 0 Å². The van der Waals surface area contributed by atoms with Gasteiger partial charge in [-0.2, -0.15) is 0 Å². The number of halogens is 1. The molecule has 0 saturated heterocycles. The van der Waals surface area contributed by atoms with Crippen molar-refractivity contribution in [3.05, 3.63) is 47.2 Å². The molecule has 0 aliphatic carbocycles. The lowest BCUT2D eigenvalue weighted by Crippen LogP contribution is -2.36. The molecule has 4 heteroatoms. The topological polar surface area (TPSA) is 19.4 Å². The zero-order chi connectivity index (χ0) is 12.5. The number of anilines is 3. The van der Waals surface area contributed by atoms with E-state index < -0.39 is 0 Å². The second kappa shape index (κ2) is 4.61. The van der Waals surface area contributed by atoms with E-state index in [0.29, 0.717) is 0 Å². The number of pyridine rings is 1. The third-order valence-corrected chi connectivity index (χ3v) is 3.90. The Kier molecular flexibility index (Phi) is 2.96. The minimum absolute atomic E-state index is 0.982. The number of nitrogens with zero attached hydrogens (tertiary/aromatic N) is 3. The van der Waals surface area contributed by atoms with Gasteiger partial charge in [0.25, 0.3) is 0 Å². The molecule has 0 atom stereocenters. The minimum atomic E-state index is 0.982. The molecular formula is C14H14BrN3. The molecular weight excluding hydrogens is 290 g/mol. The van der Waals surface area contributed by atoms with Crippen molar-refractivity contribution in [3.63, 3.8) is 0 Å². The number of benzene rings is 1. The van der Waals surface area contributed by atoms with Crippen molar-refractivity contribution in [2.45, 2.75) is 0 Å². The molecule has 18 heavy (non-hydrogen) atoms. The molecule has 2 aromatic rings. The summed E-state index contributed by atoms with van der Waals surface area (Å²) in [4.78, 5) is 8.75. The van der Waals surface area contributed by atoms with E-state index in [4.69, 9.17) is 0 Å². The van der Waals surface area contributed by atoms with Crippen LogP contribution in [0.4, 0.5) is 17.1 Å². The van der Waals surface area contributed by atoms with Gasteiger partial charge in [-0.3, -0.25) is 4.98 Å². The fourth-order valence-corrected chi connectivity index (χ4v) is 2.81. The van der Waals surface area contributed by atoms with Gasteiger partial charge in [0.2, 0.25) is 0 Å². The molecule has 2 heterocycles. The number of aromatic nitrogens is 1. The summed E-state index contributed by atoms with van der Waals surface area (Å²) in [7, 11) is 2.14. The molecule has 1 aromatic heterocycles. The minimum Gasteiger partial charge on any atom is -0.371 e. The summed E-state index contributed by atoms with van der Waals surface area (Å²) in [5.74, 6) is 0. The lowest BCUT2D eigenvalue weighted by Gasteiger charge is -2.37. The van der Waals surface area contributed by atoms with Crippen LogP contribution in [0.5, 0.6) is 0 Å². The number of fused-ring (bicyclic) bond motifs is 1. The zero-order valence-corrected chi connectivity index (χ0v) is 11.8. The molecule has 0 bridgehead atoms. The molecule has 1 aliphatic rings. The van der Waals surface area contributed by atoms with Crippen LogP contribution in [-0.2, 0) is 0 Å². The first-order chi connectivity index (χ1) is 8.77. The molecule has 92 valence electrons. The number of likely N-dealkylation sites (N-methyl/N-ethyl adjacent to an activating group) is 1. The predicted molar refractivity (Wildman–Crippen MR) is 78.7 cm³/mol. The van der Waals surface area contributed by atoms with Gasteiger partial charge >= 0.3 is 0 Å². The summed E-state index contributed by atoms with van der Waals surface area (Å²) in [6.45, 7) is 2.00. The van der Waals surface area contributed by atoms with E-state index in [0.717, 1.165) is 17.6 Å². The van der Waals surface area contributed by atoms with Crippen molar-refractivity contribution in [2.24, 2.45) is 0 Å². The summed E-state index contributed by atoms with van der Waals surface area (Å²) in [5, 5.41) is 0. The largest absolute Gasteiger partial charge is 0.371 e. The Balaban J connectivity index is 2.11. The molecule has 0 radical (unpaired) electrons.